The summed E-state index contributed by atoms with van der Waals surface area (Å²) in [5.74, 6) is 0.733. The van der Waals surface area contributed by atoms with Gasteiger partial charge in [0.15, 0.2) is 11.2 Å². The van der Waals surface area contributed by atoms with Gasteiger partial charge in [0.05, 0.1) is 19.0 Å². The average Bonchev–Trinajstić information content (AvgIpc) is 3.26. The summed E-state index contributed by atoms with van der Waals surface area (Å²) < 4.78 is 25.4. The number of rotatable bonds is 4. The van der Waals surface area contributed by atoms with Crippen LogP contribution in [0.4, 0.5) is 4.39 Å². The van der Waals surface area contributed by atoms with Gasteiger partial charge in [0, 0.05) is 6.42 Å². The molecule has 2 aromatic heterocycles. The van der Waals surface area contributed by atoms with E-state index in [4.69, 9.17) is 14.6 Å². The fourth-order valence-electron chi connectivity index (χ4n) is 3.60. The van der Waals surface area contributed by atoms with Crippen molar-refractivity contribution in [1.29, 1.82) is 0 Å². The van der Waals surface area contributed by atoms with Crippen molar-refractivity contribution in [3.8, 4) is 5.88 Å². The Hall–Kier alpha value is -1.80. The van der Waals surface area contributed by atoms with E-state index < -0.39 is 12.3 Å². The van der Waals surface area contributed by atoms with Crippen LogP contribution in [0.5, 0.6) is 5.88 Å². The van der Waals surface area contributed by atoms with Crippen LogP contribution in [0, 0.1) is 5.92 Å². The van der Waals surface area contributed by atoms with Crippen LogP contribution in [-0.2, 0) is 4.74 Å². The number of aromatic nitrogens is 4. The Labute approximate surface area is 132 Å². The molecule has 0 spiro atoms. The first-order chi connectivity index (χ1) is 11.2. The number of fused-ring (bicyclic) bond motifs is 1. The predicted molar refractivity (Wildman–Crippen MR) is 78.7 cm³/mol. The van der Waals surface area contributed by atoms with Crippen LogP contribution in [0.25, 0.3) is 11.2 Å². The van der Waals surface area contributed by atoms with E-state index in [1.54, 1.807) is 6.33 Å². The molecule has 0 bridgehead atoms. The smallest absolute Gasteiger partial charge is 0.245 e. The van der Waals surface area contributed by atoms with E-state index in [-0.39, 0.29) is 24.7 Å². The molecular formula is C15H19FN4O3. The summed E-state index contributed by atoms with van der Waals surface area (Å²) in [6.45, 7) is -0.262. The van der Waals surface area contributed by atoms with E-state index in [2.05, 4.69) is 19.9 Å². The first kappa shape index (κ1) is 14.8. The van der Waals surface area contributed by atoms with Crippen molar-refractivity contribution in [1.82, 2.24) is 19.9 Å². The zero-order valence-electron chi connectivity index (χ0n) is 12.6. The van der Waals surface area contributed by atoms with E-state index in [0.717, 1.165) is 19.3 Å². The van der Waals surface area contributed by atoms with E-state index in [1.807, 2.05) is 0 Å². The van der Waals surface area contributed by atoms with Crippen molar-refractivity contribution >= 4 is 11.2 Å². The van der Waals surface area contributed by atoms with E-state index in [9.17, 15) is 4.39 Å². The number of aromatic amines is 1. The second-order valence-electron chi connectivity index (χ2n) is 6.24. The van der Waals surface area contributed by atoms with Crippen LogP contribution in [-0.4, -0.2) is 56.1 Å². The van der Waals surface area contributed by atoms with Crippen molar-refractivity contribution in [2.75, 3.05) is 6.61 Å². The molecule has 2 aromatic rings. The highest BCUT2D eigenvalue weighted by Crippen LogP contribution is 2.38. The standard InChI is InChI=1S/C15H19FN4O3/c16-10-4-11(23-12(10)5-21)8-1-2-9(3-8)22-15-13-14(18-6-17-13)19-7-20-15/h6-12,21H,1-5H2,(H,17,18,19,20)/t8?,9?,10-,11?,12+/m0/s1. The summed E-state index contributed by atoms with van der Waals surface area (Å²) in [6.07, 6.45) is 4.10. The zero-order valence-corrected chi connectivity index (χ0v) is 12.6. The molecule has 1 saturated carbocycles. The molecule has 3 unspecified atom stereocenters. The van der Waals surface area contributed by atoms with Gasteiger partial charge >= 0.3 is 0 Å². The molecule has 1 aliphatic heterocycles. The molecule has 8 heteroatoms. The van der Waals surface area contributed by atoms with E-state index >= 15 is 0 Å². The molecule has 23 heavy (non-hydrogen) atoms. The number of ether oxygens (including phenoxy) is 2. The number of H-pyrrole nitrogens is 1. The maximum absolute atomic E-state index is 13.7. The van der Waals surface area contributed by atoms with Crippen molar-refractivity contribution < 1.29 is 19.0 Å². The molecule has 0 radical (unpaired) electrons. The minimum absolute atomic E-state index is 0.0182. The average molecular weight is 322 g/mol. The third kappa shape index (κ3) is 2.76. The van der Waals surface area contributed by atoms with Gasteiger partial charge in [0.25, 0.3) is 0 Å². The summed E-state index contributed by atoms with van der Waals surface area (Å²) in [5, 5.41) is 9.11. The highest BCUT2D eigenvalue weighted by molar-refractivity contribution is 5.74. The molecule has 2 N–H and O–H groups in total. The first-order valence-corrected chi connectivity index (χ1v) is 7.95. The van der Waals surface area contributed by atoms with Gasteiger partial charge in [0.1, 0.15) is 24.7 Å². The monoisotopic (exact) mass is 322 g/mol. The summed E-state index contributed by atoms with van der Waals surface area (Å²) >= 11 is 0. The molecule has 2 fully saturated rings. The lowest BCUT2D eigenvalue weighted by molar-refractivity contribution is -0.0267. The van der Waals surface area contributed by atoms with Crippen LogP contribution in [0.3, 0.4) is 0 Å². The Kier molecular flexibility index (Phi) is 3.86. The molecule has 5 atom stereocenters. The number of aliphatic hydroxyl groups excluding tert-OH is 1. The van der Waals surface area contributed by atoms with Gasteiger partial charge in [-0.05, 0) is 25.2 Å². The Bertz CT molecular complexity index is 682. The van der Waals surface area contributed by atoms with Gasteiger partial charge in [0.2, 0.25) is 5.88 Å². The van der Waals surface area contributed by atoms with Gasteiger partial charge in [-0.15, -0.1) is 0 Å². The van der Waals surface area contributed by atoms with E-state index in [1.165, 1.54) is 6.33 Å². The molecule has 7 nitrogen and oxygen atoms in total. The summed E-state index contributed by atoms with van der Waals surface area (Å²) in [4.78, 5) is 15.4. The molecule has 1 saturated heterocycles. The van der Waals surface area contributed by atoms with E-state index in [0.29, 0.717) is 23.5 Å². The van der Waals surface area contributed by atoms with Gasteiger partial charge in [-0.2, -0.15) is 4.98 Å². The second kappa shape index (κ2) is 6.01. The van der Waals surface area contributed by atoms with Crippen LogP contribution in [0.15, 0.2) is 12.7 Å². The number of alkyl halides is 1. The third-order valence-electron chi connectivity index (χ3n) is 4.80. The molecule has 0 amide bonds. The van der Waals surface area contributed by atoms with Crippen molar-refractivity contribution in [3.63, 3.8) is 0 Å². The van der Waals surface area contributed by atoms with Crippen LogP contribution >= 0.6 is 0 Å². The number of aliphatic hydroxyl groups is 1. The third-order valence-corrected chi connectivity index (χ3v) is 4.80. The highest BCUT2D eigenvalue weighted by Gasteiger charge is 2.42. The fraction of sp³-hybridized carbons (Fsp3) is 0.667. The molecule has 1 aliphatic carbocycles. The maximum atomic E-state index is 13.7. The van der Waals surface area contributed by atoms with Gasteiger partial charge < -0.3 is 19.6 Å². The summed E-state index contributed by atoms with van der Waals surface area (Å²) in [6, 6.07) is 0. The Morgan fingerprint density at radius 3 is 3.04 bits per heavy atom. The minimum atomic E-state index is -1.07. The minimum Gasteiger partial charge on any atom is -0.473 e. The van der Waals surface area contributed by atoms with Crippen LogP contribution in [0.2, 0.25) is 0 Å². The lowest BCUT2D eigenvalue weighted by atomic mass is 9.97. The van der Waals surface area contributed by atoms with Gasteiger partial charge in [-0.1, -0.05) is 0 Å². The SMILES string of the molecule is OC[C@H]1OC(C2CCC(Oc3ncnc4[nH]cnc34)C2)C[C@@H]1F. The largest absolute Gasteiger partial charge is 0.473 e. The lowest BCUT2D eigenvalue weighted by Crippen LogP contribution is -2.23. The summed E-state index contributed by atoms with van der Waals surface area (Å²) in [5.41, 5.74) is 1.27. The van der Waals surface area contributed by atoms with Crippen molar-refractivity contribution in [3.05, 3.63) is 12.7 Å². The number of hydrogen-bond donors (Lipinski definition) is 2. The molecule has 4 rings (SSSR count). The maximum Gasteiger partial charge on any atom is 0.245 e. The quantitative estimate of drug-likeness (QED) is 0.883. The van der Waals surface area contributed by atoms with Gasteiger partial charge in [-0.25, -0.2) is 14.4 Å². The number of nitrogens with zero attached hydrogens (tertiary/aromatic N) is 3. The number of halogens is 1. The Balaban J connectivity index is 1.40. The second-order valence-corrected chi connectivity index (χ2v) is 6.24. The Morgan fingerprint density at radius 1 is 1.30 bits per heavy atom. The molecule has 0 aromatic carbocycles. The number of hydrogen-bond acceptors (Lipinski definition) is 6. The summed E-state index contributed by atoms with van der Waals surface area (Å²) in [7, 11) is 0. The normalized spacial score (nSPS) is 34.3. The van der Waals surface area contributed by atoms with Crippen LogP contribution < -0.4 is 4.74 Å². The number of nitrogens with one attached hydrogen (secondary N) is 1. The zero-order chi connectivity index (χ0) is 15.8. The van der Waals surface area contributed by atoms with Crippen LogP contribution in [0.1, 0.15) is 25.7 Å². The number of imidazole rings is 1. The van der Waals surface area contributed by atoms with Crippen molar-refractivity contribution in [2.45, 2.75) is 50.2 Å². The predicted octanol–water partition coefficient (Wildman–Crippen LogP) is 1.39. The van der Waals surface area contributed by atoms with Gasteiger partial charge in [-0.3, -0.25) is 0 Å². The molecule has 124 valence electrons. The first-order valence-electron chi connectivity index (χ1n) is 7.95. The molecule has 3 heterocycles. The highest BCUT2D eigenvalue weighted by atomic mass is 19.1. The van der Waals surface area contributed by atoms with Crippen molar-refractivity contribution in [2.24, 2.45) is 5.92 Å². The molecule has 2 aliphatic rings. The fourth-order valence-corrected chi connectivity index (χ4v) is 3.60. The Morgan fingerprint density at radius 2 is 2.22 bits per heavy atom. The molecular weight excluding hydrogens is 303 g/mol. The topological polar surface area (TPSA) is 93.1 Å². The lowest BCUT2D eigenvalue weighted by Gasteiger charge is -2.19.